The van der Waals surface area contributed by atoms with Gasteiger partial charge < -0.3 is 14.3 Å². The normalized spacial score (nSPS) is 45.4. The summed E-state index contributed by atoms with van der Waals surface area (Å²) in [7, 11) is 0. The number of halogens is 2. The van der Waals surface area contributed by atoms with E-state index < -0.39 is 33.4 Å². The lowest BCUT2D eigenvalue weighted by atomic mass is 9.44. The van der Waals surface area contributed by atoms with E-state index in [1.54, 1.807) is 12.1 Å². The quantitative estimate of drug-likeness (QED) is 0.425. The molecule has 4 aliphatic rings. The lowest BCUT2D eigenvalue weighted by molar-refractivity contribution is -0.178. The molecule has 0 aliphatic heterocycles. The van der Waals surface area contributed by atoms with Crippen molar-refractivity contribution in [3.63, 3.8) is 0 Å². The van der Waals surface area contributed by atoms with Crippen molar-refractivity contribution in [1.29, 1.82) is 0 Å². The third-order valence-corrected chi connectivity index (χ3v) is 11.2. The molecule has 0 saturated heterocycles. The van der Waals surface area contributed by atoms with Crippen molar-refractivity contribution < 1.29 is 28.6 Å². The predicted molar refractivity (Wildman–Crippen MR) is 135 cm³/mol. The Balaban J connectivity index is 1.64. The molecule has 0 unspecified atom stereocenters. The number of Topliss-reactive ketones (excluding diaryl/α,β-unsaturated/α-hetero) is 1. The molecular formula is C28H32Cl2O6. The number of allylic oxidation sites excluding steroid dienone is 4. The second-order valence-electron chi connectivity index (χ2n) is 11.6. The fraction of sp³-hybridized carbons (Fsp3) is 0.607. The summed E-state index contributed by atoms with van der Waals surface area (Å²) in [5, 5.41) is 11.8. The predicted octanol–water partition coefficient (Wildman–Crippen LogP) is 5.12. The highest BCUT2D eigenvalue weighted by Crippen LogP contribution is 2.72. The van der Waals surface area contributed by atoms with Gasteiger partial charge >= 0.3 is 5.97 Å². The third-order valence-electron chi connectivity index (χ3n) is 10.0. The molecule has 1 aromatic heterocycles. The van der Waals surface area contributed by atoms with E-state index in [1.807, 2.05) is 26.8 Å². The van der Waals surface area contributed by atoms with Gasteiger partial charge in [0, 0.05) is 16.7 Å². The van der Waals surface area contributed by atoms with E-state index in [0.717, 1.165) is 5.57 Å². The average Bonchev–Trinajstić information content (AvgIpc) is 3.44. The molecule has 36 heavy (non-hydrogen) atoms. The molecule has 194 valence electrons. The number of hydrogen-bond donors (Lipinski definition) is 1. The monoisotopic (exact) mass is 534 g/mol. The Kier molecular flexibility index (Phi) is 5.94. The Morgan fingerprint density at radius 2 is 1.94 bits per heavy atom. The highest BCUT2D eigenvalue weighted by molar-refractivity contribution is 6.29. The van der Waals surface area contributed by atoms with Gasteiger partial charge in [-0.1, -0.05) is 39.3 Å². The van der Waals surface area contributed by atoms with Gasteiger partial charge in [0.05, 0.1) is 23.1 Å². The molecule has 8 heteroatoms. The molecule has 3 saturated carbocycles. The number of rotatable bonds is 4. The van der Waals surface area contributed by atoms with Crippen molar-refractivity contribution >= 4 is 40.7 Å². The number of aliphatic hydroxyl groups excluding tert-OH is 1. The summed E-state index contributed by atoms with van der Waals surface area (Å²) in [6, 6.07) is 3.08. The van der Waals surface area contributed by atoms with Crippen molar-refractivity contribution in [2.75, 3.05) is 5.88 Å². The first kappa shape index (κ1) is 25.7. The van der Waals surface area contributed by atoms with E-state index in [4.69, 9.17) is 32.4 Å². The average molecular weight is 535 g/mol. The smallest absolute Gasteiger partial charge is 0.375 e. The maximum absolute atomic E-state index is 13.6. The van der Waals surface area contributed by atoms with Crippen LogP contribution < -0.4 is 0 Å². The molecule has 1 aromatic rings. The molecule has 1 heterocycles. The Morgan fingerprint density at radius 3 is 2.58 bits per heavy atom. The van der Waals surface area contributed by atoms with Crippen LogP contribution in [0.5, 0.6) is 0 Å². The minimum atomic E-state index is -1.54. The van der Waals surface area contributed by atoms with E-state index >= 15 is 0 Å². The molecule has 0 aromatic carbocycles. The van der Waals surface area contributed by atoms with Gasteiger partial charge in [-0.15, -0.1) is 23.2 Å². The first-order chi connectivity index (χ1) is 16.9. The van der Waals surface area contributed by atoms with Crippen LogP contribution in [0, 0.1) is 34.5 Å². The van der Waals surface area contributed by atoms with Crippen LogP contribution in [0.1, 0.15) is 57.5 Å². The zero-order chi connectivity index (χ0) is 26.3. The summed E-state index contributed by atoms with van der Waals surface area (Å²) in [5.74, 6) is -2.13. The number of ether oxygens (including phenoxy) is 1. The van der Waals surface area contributed by atoms with Crippen LogP contribution in [0.2, 0.25) is 0 Å². The van der Waals surface area contributed by atoms with Gasteiger partial charge in [-0.05, 0) is 61.3 Å². The summed E-state index contributed by atoms with van der Waals surface area (Å²) >= 11 is 13.7. The van der Waals surface area contributed by atoms with Gasteiger partial charge in [0.25, 0.3) is 0 Å². The largest absolute Gasteiger partial charge is 0.457 e. The van der Waals surface area contributed by atoms with Crippen LogP contribution in [-0.2, 0) is 14.3 Å². The summed E-state index contributed by atoms with van der Waals surface area (Å²) < 4.78 is 11.4. The van der Waals surface area contributed by atoms with Crippen LogP contribution in [0.15, 0.2) is 46.6 Å². The minimum absolute atomic E-state index is 0.00429. The number of aliphatic hydroxyl groups is 1. The highest BCUT2D eigenvalue weighted by atomic mass is 35.5. The molecule has 6 nitrogen and oxygen atoms in total. The second kappa shape index (κ2) is 8.31. The number of hydrogen-bond acceptors (Lipinski definition) is 6. The standard InChI is InChI=1S/C28H32Cl2O6/c1-15-10-20-19-11-16(2)28(23(33)14-29,36-24(34)21-6-5-9-35-21)26(19,4)13-22(32)27(20,30)25(3)8-7-17(31)12-18(15)25/h5-9,12,15-16,19-20,22,32H,10-11,13-14H2,1-4H3/t15-,16+,19-,20-,22-,25-,26-,27-,28-/m0/s1. The molecular weight excluding hydrogens is 503 g/mol. The Morgan fingerprint density at radius 1 is 1.22 bits per heavy atom. The van der Waals surface area contributed by atoms with Gasteiger partial charge in [-0.25, -0.2) is 4.79 Å². The van der Waals surface area contributed by atoms with Crippen molar-refractivity contribution in [2.24, 2.45) is 34.5 Å². The lowest BCUT2D eigenvalue weighted by Gasteiger charge is -2.65. The number of carbonyl (C=O) groups is 3. The number of furan rings is 1. The Bertz CT molecular complexity index is 1170. The molecule has 0 spiro atoms. The van der Waals surface area contributed by atoms with Crippen molar-refractivity contribution in [3.05, 3.63) is 48.0 Å². The topological polar surface area (TPSA) is 93.8 Å². The van der Waals surface area contributed by atoms with Crippen molar-refractivity contribution in [3.8, 4) is 0 Å². The summed E-state index contributed by atoms with van der Waals surface area (Å²) in [5.41, 5.74) is -2.25. The fourth-order valence-electron chi connectivity index (χ4n) is 8.48. The molecule has 0 radical (unpaired) electrons. The highest BCUT2D eigenvalue weighted by Gasteiger charge is 2.76. The van der Waals surface area contributed by atoms with Crippen molar-refractivity contribution in [1.82, 2.24) is 0 Å². The fourth-order valence-corrected chi connectivity index (χ4v) is 9.17. The third kappa shape index (κ3) is 3.04. The Hall–Kier alpha value is -1.89. The zero-order valence-electron chi connectivity index (χ0n) is 20.9. The molecule has 0 bridgehead atoms. The first-order valence-electron chi connectivity index (χ1n) is 12.5. The Labute approximate surface area is 221 Å². The molecule has 3 fully saturated rings. The van der Waals surface area contributed by atoms with Crippen LogP contribution in [0.4, 0.5) is 0 Å². The molecule has 9 atom stereocenters. The van der Waals surface area contributed by atoms with Crippen LogP contribution >= 0.6 is 23.2 Å². The van der Waals surface area contributed by atoms with E-state index in [0.29, 0.717) is 12.8 Å². The lowest BCUT2D eigenvalue weighted by Crippen LogP contribution is -2.70. The van der Waals surface area contributed by atoms with Crippen LogP contribution in [0.25, 0.3) is 0 Å². The molecule has 0 amide bonds. The maximum atomic E-state index is 13.6. The van der Waals surface area contributed by atoms with E-state index in [-0.39, 0.29) is 53.3 Å². The van der Waals surface area contributed by atoms with E-state index in [9.17, 15) is 19.5 Å². The number of carbonyl (C=O) groups excluding carboxylic acids is 3. The summed E-state index contributed by atoms with van der Waals surface area (Å²) in [6.45, 7) is 7.91. The van der Waals surface area contributed by atoms with Gasteiger partial charge in [-0.3, -0.25) is 9.59 Å². The minimum Gasteiger partial charge on any atom is -0.457 e. The van der Waals surface area contributed by atoms with Gasteiger partial charge in [0.15, 0.2) is 17.2 Å². The number of fused-ring (bicyclic) bond motifs is 5. The molecule has 5 rings (SSSR count). The number of esters is 1. The van der Waals surface area contributed by atoms with Gasteiger partial charge in [0.1, 0.15) is 0 Å². The second-order valence-corrected chi connectivity index (χ2v) is 12.5. The number of ketones is 2. The SMILES string of the molecule is C[C@@H]1C[C@H]2[C@@H]3C[C@H](C)C4=CC(=O)C=C[C@]4(C)[C@@]3(Cl)[C@@H](O)C[C@]2(C)[C@@]1(OC(=O)c1ccco1)C(=O)CCl. The summed E-state index contributed by atoms with van der Waals surface area (Å²) in [6.07, 6.45) is 6.77. The van der Waals surface area contributed by atoms with Gasteiger partial charge in [0.2, 0.25) is 5.76 Å². The van der Waals surface area contributed by atoms with E-state index in [2.05, 4.69) is 6.92 Å². The van der Waals surface area contributed by atoms with Crippen LogP contribution in [-0.4, -0.2) is 45.1 Å². The summed E-state index contributed by atoms with van der Waals surface area (Å²) in [4.78, 5) is 37.9. The zero-order valence-corrected chi connectivity index (χ0v) is 22.4. The van der Waals surface area contributed by atoms with Crippen LogP contribution in [0.3, 0.4) is 0 Å². The maximum Gasteiger partial charge on any atom is 0.375 e. The van der Waals surface area contributed by atoms with Crippen molar-refractivity contribution in [2.45, 2.75) is 63.5 Å². The number of alkyl halides is 2. The van der Waals surface area contributed by atoms with E-state index in [1.165, 1.54) is 18.4 Å². The molecule has 4 aliphatic carbocycles. The first-order valence-corrected chi connectivity index (χ1v) is 13.5. The van der Waals surface area contributed by atoms with Gasteiger partial charge in [-0.2, -0.15) is 0 Å². The molecule has 1 N–H and O–H groups in total.